The van der Waals surface area contributed by atoms with Crippen LogP contribution in [0.3, 0.4) is 0 Å². The van der Waals surface area contributed by atoms with E-state index in [9.17, 15) is 20.2 Å². The predicted octanol–water partition coefficient (Wildman–Crippen LogP) is 1.86. The summed E-state index contributed by atoms with van der Waals surface area (Å²) < 4.78 is 0. The van der Waals surface area contributed by atoms with Crippen molar-refractivity contribution in [3.63, 3.8) is 0 Å². The van der Waals surface area contributed by atoms with Crippen molar-refractivity contribution in [2.45, 2.75) is 0 Å². The zero-order valence-corrected chi connectivity index (χ0v) is 7.26. The van der Waals surface area contributed by atoms with Crippen molar-refractivity contribution in [3.8, 4) is 5.75 Å². The smallest absolute Gasteiger partial charge is 0.317 e. The molecule has 74 valence electrons. The second-order valence-electron chi connectivity index (χ2n) is 2.31. The molecule has 0 aliphatic heterocycles. The SMILES string of the molecule is O=[N+]([O-])c1cc([N+](=O)[O-])c(Cl)cc1O. The Kier molecular flexibility index (Phi) is 2.52. The van der Waals surface area contributed by atoms with E-state index in [1.165, 1.54) is 0 Å². The molecular weight excluding hydrogens is 216 g/mol. The first-order chi connectivity index (χ1) is 6.43. The van der Waals surface area contributed by atoms with E-state index in [1.54, 1.807) is 0 Å². The van der Waals surface area contributed by atoms with Crippen molar-refractivity contribution < 1.29 is 15.0 Å². The van der Waals surface area contributed by atoms with Crippen LogP contribution in [-0.4, -0.2) is 15.0 Å². The van der Waals surface area contributed by atoms with Crippen LogP contribution in [0.2, 0.25) is 5.02 Å². The lowest BCUT2D eigenvalue weighted by Gasteiger charge is -1.97. The third kappa shape index (κ3) is 1.72. The van der Waals surface area contributed by atoms with E-state index in [0.717, 1.165) is 6.07 Å². The summed E-state index contributed by atoms with van der Waals surface area (Å²) in [6.07, 6.45) is 0. The summed E-state index contributed by atoms with van der Waals surface area (Å²) in [5, 5.41) is 29.3. The molecule has 0 atom stereocenters. The second kappa shape index (κ2) is 3.46. The van der Waals surface area contributed by atoms with Crippen molar-refractivity contribution in [3.05, 3.63) is 37.4 Å². The van der Waals surface area contributed by atoms with Crippen LogP contribution < -0.4 is 0 Å². The van der Waals surface area contributed by atoms with E-state index in [0.29, 0.717) is 6.07 Å². The maximum Gasteiger partial charge on any atom is 0.317 e. The molecule has 1 rings (SSSR count). The van der Waals surface area contributed by atoms with Crippen LogP contribution in [-0.2, 0) is 0 Å². The molecule has 8 heteroatoms. The summed E-state index contributed by atoms with van der Waals surface area (Å²) in [4.78, 5) is 18.8. The van der Waals surface area contributed by atoms with E-state index in [2.05, 4.69) is 0 Å². The van der Waals surface area contributed by atoms with Crippen LogP contribution in [0.5, 0.6) is 5.75 Å². The van der Waals surface area contributed by atoms with Gasteiger partial charge in [-0.25, -0.2) is 0 Å². The number of nitro groups is 2. The quantitative estimate of drug-likeness (QED) is 0.602. The monoisotopic (exact) mass is 218 g/mol. The number of phenols is 1. The Bertz CT molecular complexity index is 384. The molecule has 0 unspecified atom stereocenters. The number of aromatic hydroxyl groups is 1. The molecule has 0 radical (unpaired) electrons. The summed E-state index contributed by atoms with van der Waals surface area (Å²) in [6, 6.07) is 1.37. The minimum Gasteiger partial charge on any atom is -0.502 e. The Morgan fingerprint density at radius 2 is 1.64 bits per heavy atom. The van der Waals surface area contributed by atoms with Gasteiger partial charge in [-0.15, -0.1) is 0 Å². The van der Waals surface area contributed by atoms with E-state index in [1.807, 2.05) is 0 Å². The van der Waals surface area contributed by atoms with Crippen molar-refractivity contribution in [2.24, 2.45) is 0 Å². The first kappa shape index (κ1) is 10.2. The number of rotatable bonds is 2. The summed E-state index contributed by atoms with van der Waals surface area (Å²) in [6.45, 7) is 0. The average molecular weight is 219 g/mol. The fourth-order valence-electron chi connectivity index (χ4n) is 0.826. The Morgan fingerprint density at radius 3 is 2.07 bits per heavy atom. The topological polar surface area (TPSA) is 107 Å². The Morgan fingerprint density at radius 1 is 1.14 bits per heavy atom. The van der Waals surface area contributed by atoms with Crippen molar-refractivity contribution in [1.82, 2.24) is 0 Å². The molecule has 0 saturated carbocycles. The highest BCUT2D eigenvalue weighted by molar-refractivity contribution is 6.32. The molecule has 0 fully saturated rings. The number of hydrogen-bond donors (Lipinski definition) is 1. The highest BCUT2D eigenvalue weighted by atomic mass is 35.5. The summed E-state index contributed by atoms with van der Waals surface area (Å²) >= 11 is 5.38. The molecule has 0 heterocycles. The lowest BCUT2D eigenvalue weighted by atomic mass is 10.2. The minimum atomic E-state index is -0.932. The second-order valence-corrected chi connectivity index (χ2v) is 2.71. The first-order valence-electron chi connectivity index (χ1n) is 3.24. The molecule has 7 nitrogen and oxygen atoms in total. The van der Waals surface area contributed by atoms with E-state index >= 15 is 0 Å². The Labute approximate surface area is 81.8 Å². The Hall–Kier alpha value is -1.89. The minimum absolute atomic E-state index is 0.349. The number of benzene rings is 1. The zero-order chi connectivity index (χ0) is 10.9. The van der Waals surface area contributed by atoms with Gasteiger partial charge in [-0.3, -0.25) is 20.2 Å². The van der Waals surface area contributed by atoms with Crippen molar-refractivity contribution >= 4 is 23.0 Å². The van der Waals surface area contributed by atoms with Gasteiger partial charge in [0.25, 0.3) is 5.69 Å². The van der Waals surface area contributed by atoms with Gasteiger partial charge in [0.2, 0.25) is 0 Å². The van der Waals surface area contributed by atoms with Gasteiger partial charge in [0.15, 0.2) is 5.75 Å². The highest BCUT2D eigenvalue weighted by Gasteiger charge is 2.22. The molecule has 0 amide bonds. The number of nitrogens with zero attached hydrogens (tertiary/aromatic N) is 2. The largest absolute Gasteiger partial charge is 0.502 e. The summed E-state index contributed by atoms with van der Waals surface area (Å²) in [5.41, 5.74) is -1.36. The normalized spacial score (nSPS) is 9.79. The van der Waals surface area contributed by atoms with Crippen LogP contribution in [0.4, 0.5) is 11.4 Å². The number of nitro benzene ring substituents is 2. The molecule has 1 aromatic carbocycles. The fraction of sp³-hybridized carbons (Fsp3) is 0. The van der Waals surface area contributed by atoms with E-state index < -0.39 is 27.0 Å². The molecule has 1 N–H and O–H groups in total. The van der Waals surface area contributed by atoms with E-state index in [4.69, 9.17) is 16.7 Å². The summed E-state index contributed by atoms with van der Waals surface area (Å²) in [5.74, 6) is -0.703. The summed E-state index contributed by atoms with van der Waals surface area (Å²) in [7, 11) is 0. The lowest BCUT2D eigenvalue weighted by molar-refractivity contribution is -0.394. The van der Waals surface area contributed by atoms with Crippen molar-refractivity contribution in [1.29, 1.82) is 0 Å². The van der Waals surface area contributed by atoms with Crippen LogP contribution in [0.1, 0.15) is 0 Å². The molecule has 0 aliphatic rings. The van der Waals surface area contributed by atoms with Gasteiger partial charge in [-0.1, -0.05) is 11.6 Å². The molecule has 0 bridgehead atoms. The molecule has 14 heavy (non-hydrogen) atoms. The van der Waals surface area contributed by atoms with Gasteiger partial charge in [0, 0.05) is 6.07 Å². The van der Waals surface area contributed by atoms with Gasteiger partial charge in [0.1, 0.15) is 5.02 Å². The maximum atomic E-state index is 10.3. The van der Waals surface area contributed by atoms with Gasteiger partial charge < -0.3 is 5.11 Å². The standard InChI is InChI=1S/C6H3ClN2O5/c7-3-1-6(10)5(9(13)14)2-4(3)8(11)12/h1-2,10H. The molecule has 0 aliphatic carbocycles. The molecular formula is C6H3ClN2O5. The zero-order valence-electron chi connectivity index (χ0n) is 6.51. The van der Waals surface area contributed by atoms with Crippen LogP contribution in [0.15, 0.2) is 12.1 Å². The van der Waals surface area contributed by atoms with Gasteiger partial charge in [-0.2, -0.15) is 0 Å². The molecule has 0 saturated heterocycles. The third-order valence-corrected chi connectivity index (χ3v) is 1.74. The van der Waals surface area contributed by atoms with Gasteiger partial charge in [-0.05, 0) is 0 Å². The highest BCUT2D eigenvalue weighted by Crippen LogP contribution is 2.35. The fourth-order valence-corrected chi connectivity index (χ4v) is 1.05. The molecule has 0 spiro atoms. The van der Waals surface area contributed by atoms with Crippen molar-refractivity contribution in [2.75, 3.05) is 0 Å². The van der Waals surface area contributed by atoms with Gasteiger partial charge in [0.05, 0.1) is 15.9 Å². The number of phenolic OH excluding ortho intramolecular Hbond substituents is 1. The average Bonchev–Trinajstić information content (AvgIpc) is 2.02. The van der Waals surface area contributed by atoms with Crippen LogP contribution >= 0.6 is 11.6 Å². The predicted molar refractivity (Wildman–Crippen MR) is 46.4 cm³/mol. The number of halogens is 1. The Balaban J connectivity index is 3.42. The molecule has 0 aromatic heterocycles. The van der Waals surface area contributed by atoms with Gasteiger partial charge >= 0.3 is 5.69 Å². The van der Waals surface area contributed by atoms with Crippen LogP contribution in [0.25, 0.3) is 0 Å². The molecule has 1 aromatic rings. The third-order valence-electron chi connectivity index (χ3n) is 1.44. The lowest BCUT2D eigenvalue weighted by Crippen LogP contribution is -1.93. The number of hydrogen-bond acceptors (Lipinski definition) is 5. The first-order valence-corrected chi connectivity index (χ1v) is 3.62. The van der Waals surface area contributed by atoms with E-state index in [-0.39, 0.29) is 5.02 Å². The van der Waals surface area contributed by atoms with Crippen LogP contribution in [0, 0.1) is 20.2 Å². The maximum absolute atomic E-state index is 10.3.